The van der Waals surface area contributed by atoms with Crippen molar-refractivity contribution in [2.75, 3.05) is 5.43 Å². The molecule has 2 aromatic rings. The molecule has 0 amide bonds. The summed E-state index contributed by atoms with van der Waals surface area (Å²) in [5, 5.41) is 9.48. The fourth-order valence-corrected chi connectivity index (χ4v) is 1.50. The molecule has 0 atom stereocenters. The summed E-state index contributed by atoms with van der Waals surface area (Å²) in [4.78, 5) is 0. The van der Waals surface area contributed by atoms with E-state index in [1.54, 1.807) is 0 Å². The van der Waals surface area contributed by atoms with Gasteiger partial charge < -0.3 is 10.8 Å². The Morgan fingerprint density at radius 1 is 1.14 bits per heavy atom. The Morgan fingerprint density at radius 3 is 2.36 bits per heavy atom. The van der Waals surface area contributed by atoms with Crippen molar-refractivity contribution < 1.29 is 0 Å². The van der Waals surface area contributed by atoms with Gasteiger partial charge in [-0.2, -0.15) is 0 Å². The summed E-state index contributed by atoms with van der Waals surface area (Å²) in [5.41, 5.74) is 4.16. The summed E-state index contributed by atoms with van der Waals surface area (Å²) in [6.07, 6.45) is 1.29. The molecule has 0 bridgehead atoms. The lowest BCUT2D eigenvalue weighted by molar-refractivity contribution is 1.35. The molecule has 70 valence electrons. The maximum absolute atomic E-state index is 7.24. The number of hydrogen-bond acceptors (Lipinski definition) is 3. The number of hydrazine groups is 1. The fourth-order valence-electron chi connectivity index (χ4n) is 1.50. The molecule has 0 saturated carbocycles. The minimum Gasteiger partial charge on any atom is -0.323 e. The SMILES string of the molecule is N=Cc1cc2ccccc2cc1NN. The van der Waals surface area contributed by atoms with Crippen molar-refractivity contribution in [1.29, 1.82) is 5.41 Å². The number of fused-ring (bicyclic) bond motifs is 1. The van der Waals surface area contributed by atoms with Crippen LogP contribution in [0.4, 0.5) is 5.69 Å². The fraction of sp³-hybridized carbons (Fsp3) is 0. The van der Waals surface area contributed by atoms with Crippen molar-refractivity contribution in [3.05, 3.63) is 42.0 Å². The van der Waals surface area contributed by atoms with Gasteiger partial charge in [-0.05, 0) is 22.9 Å². The third kappa shape index (κ3) is 1.34. The second-order valence-electron chi connectivity index (χ2n) is 3.08. The van der Waals surface area contributed by atoms with Crippen molar-refractivity contribution >= 4 is 22.7 Å². The number of hydrogen-bond donors (Lipinski definition) is 3. The van der Waals surface area contributed by atoms with Crippen LogP contribution < -0.4 is 11.3 Å². The summed E-state index contributed by atoms with van der Waals surface area (Å²) >= 11 is 0. The summed E-state index contributed by atoms with van der Waals surface area (Å²) in [6.45, 7) is 0. The lowest BCUT2D eigenvalue weighted by Gasteiger charge is -2.06. The van der Waals surface area contributed by atoms with E-state index in [-0.39, 0.29) is 0 Å². The van der Waals surface area contributed by atoms with Gasteiger partial charge in [0.05, 0.1) is 5.69 Å². The van der Waals surface area contributed by atoms with Crippen LogP contribution in [0.1, 0.15) is 5.56 Å². The van der Waals surface area contributed by atoms with E-state index in [9.17, 15) is 0 Å². The summed E-state index contributed by atoms with van der Waals surface area (Å²) in [6, 6.07) is 11.9. The second-order valence-corrected chi connectivity index (χ2v) is 3.08. The van der Waals surface area contributed by atoms with Crippen molar-refractivity contribution in [2.45, 2.75) is 0 Å². The largest absolute Gasteiger partial charge is 0.323 e. The first-order valence-electron chi connectivity index (χ1n) is 4.35. The van der Waals surface area contributed by atoms with Gasteiger partial charge in [0, 0.05) is 11.8 Å². The lowest BCUT2D eigenvalue weighted by Crippen LogP contribution is -2.08. The number of anilines is 1. The van der Waals surface area contributed by atoms with Gasteiger partial charge in [0.1, 0.15) is 0 Å². The third-order valence-electron chi connectivity index (χ3n) is 2.23. The van der Waals surface area contributed by atoms with Crippen LogP contribution in [0.2, 0.25) is 0 Å². The first-order chi connectivity index (χ1) is 6.85. The molecule has 2 aromatic carbocycles. The lowest BCUT2D eigenvalue weighted by atomic mass is 10.1. The van der Waals surface area contributed by atoms with Crippen LogP contribution in [-0.2, 0) is 0 Å². The van der Waals surface area contributed by atoms with Crippen LogP contribution in [0.5, 0.6) is 0 Å². The molecule has 0 spiro atoms. The molecule has 3 nitrogen and oxygen atoms in total. The predicted octanol–water partition coefficient (Wildman–Crippen LogP) is 2.12. The monoisotopic (exact) mass is 185 g/mol. The van der Waals surface area contributed by atoms with Gasteiger partial charge in [-0.15, -0.1) is 0 Å². The number of nitrogen functional groups attached to an aromatic ring is 1. The van der Waals surface area contributed by atoms with E-state index in [1.807, 2.05) is 36.4 Å². The molecule has 2 rings (SSSR count). The van der Waals surface area contributed by atoms with Crippen LogP contribution in [0.3, 0.4) is 0 Å². The molecule has 0 saturated heterocycles. The minimum atomic E-state index is 0.777. The van der Waals surface area contributed by atoms with Gasteiger partial charge in [0.2, 0.25) is 0 Å². The Morgan fingerprint density at radius 2 is 1.79 bits per heavy atom. The molecule has 0 radical (unpaired) electrons. The Bertz CT molecular complexity index is 477. The Balaban J connectivity index is 2.75. The molecule has 0 heterocycles. The maximum atomic E-state index is 7.24. The standard InChI is InChI=1S/C11H11N3/c12-7-10-5-8-3-1-2-4-9(8)6-11(10)14-13/h1-7,12,14H,13H2. The van der Waals surface area contributed by atoms with E-state index in [1.165, 1.54) is 6.21 Å². The second kappa shape index (κ2) is 3.47. The number of rotatable bonds is 2. The van der Waals surface area contributed by atoms with Gasteiger partial charge in [-0.25, -0.2) is 0 Å². The predicted molar refractivity (Wildman–Crippen MR) is 59.6 cm³/mol. The van der Waals surface area contributed by atoms with Crippen molar-refractivity contribution in [2.24, 2.45) is 5.84 Å². The molecule has 0 unspecified atom stereocenters. The molecule has 0 aromatic heterocycles. The average molecular weight is 185 g/mol. The minimum absolute atomic E-state index is 0.777. The van der Waals surface area contributed by atoms with Crippen molar-refractivity contribution in [1.82, 2.24) is 0 Å². The number of nitrogens with two attached hydrogens (primary N) is 1. The number of benzene rings is 2. The van der Waals surface area contributed by atoms with Crippen LogP contribution in [0.25, 0.3) is 10.8 Å². The van der Waals surface area contributed by atoms with E-state index >= 15 is 0 Å². The van der Waals surface area contributed by atoms with Crippen LogP contribution in [-0.4, -0.2) is 6.21 Å². The van der Waals surface area contributed by atoms with Crippen molar-refractivity contribution in [3.63, 3.8) is 0 Å². The van der Waals surface area contributed by atoms with E-state index in [2.05, 4.69) is 5.43 Å². The average Bonchev–Trinajstić information content (AvgIpc) is 2.27. The van der Waals surface area contributed by atoms with Gasteiger partial charge in [-0.3, -0.25) is 5.84 Å². The smallest absolute Gasteiger partial charge is 0.0579 e. The van der Waals surface area contributed by atoms with E-state index in [4.69, 9.17) is 11.3 Å². The summed E-state index contributed by atoms with van der Waals surface area (Å²) in [5.74, 6) is 5.36. The third-order valence-corrected chi connectivity index (χ3v) is 2.23. The van der Waals surface area contributed by atoms with E-state index in [0.717, 1.165) is 22.0 Å². The zero-order chi connectivity index (χ0) is 9.97. The highest BCUT2D eigenvalue weighted by atomic mass is 15.2. The van der Waals surface area contributed by atoms with Gasteiger partial charge in [-0.1, -0.05) is 24.3 Å². The Hall–Kier alpha value is -1.87. The molecule has 4 N–H and O–H groups in total. The Kier molecular flexibility index (Phi) is 2.16. The van der Waals surface area contributed by atoms with Crippen LogP contribution in [0.15, 0.2) is 36.4 Å². The zero-order valence-electron chi connectivity index (χ0n) is 7.62. The molecule has 0 fully saturated rings. The van der Waals surface area contributed by atoms with E-state index in [0.29, 0.717) is 0 Å². The topological polar surface area (TPSA) is 61.9 Å². The van der Waals surface area contributed by atoms with Gasteiger partial charge >= 0.3 is 0 Å². The Labute approximate surface area is 82.0 Å². The number of nitrogens with one attached hydrogen (secondary N) is 2. The molecule has 3 heteroatoms. The van der Waals surface area contributed by atoms with Gasteiger partial charge in [0.25, 0.3) is 0 Å². The van der Waals surface area contributed by atoms with Crippen molar-refractivity contribution in [3.8, 4) is 0 Å². The zero-order valence-corrected chi connectivity index (χ0v) is 7.62. The normalized spacial score (nSPS) is 10.1. The highest BCUT2D eigenvalue weighted by Crippen LogP contribution is 2.21. The van der Waals surface area contributed by atoms with Gasteiger partial charge in [0.15, 0.2) is 0 Å². The first kappa shape index (κ1) is 8.72. The first-order valence-corrected chi connectivity index (χ1v) is 4.35. The quantitative estimate of drug-likeness (QED) is 0.381. The molecular formula is C11H11N3. The highest BCUT2D eigenvalue weighted by molar-refractivity contribution is 5.96. The molecule has 0 aliphatic carbocycles. The van der Waals surface area contributed by atoms with Crippen LogP contribution in [0, 0.1) is 5.41 Å². The maximum Gasteiger partial charge on any atom is 0.0579 e. The molecule has 14 heavy (non-hydrogen) atoms. The van der Waals surface area contributed by atoms with Crippen LogP contribution >= 0.6 is 0 Å². The highest BCUT2D eigenvalue weighted by Gasteiger charge is 2.00. The molecule has 0 aliphatic rings. The molecule has 0 aliphatic heterocycles. The summed E-state index contributed by atoms with van der Waals surface area (Å²) < 4.78 is 0. The van der Waals surface area contributed by atoms with E-state index < -0.39 is 0 Å². The molecular weight excluding hydrogens is 174 g/mol. The summed E-state index contributed by atoms with van der Waals surface area (Å²) in [7, 11) is 0.